The van der Waals surface area contributed by atoms with Gasteiger partial charge in [0.1, 0.15) is 5.82 Å². The largest absolute Gasteiger partial charge is 0.309 e. The first-order chi connectivity index (χ1) is 7.83. The molecule has 1 nitrogen and oxygen atoms in total. The zero-order valence-electron chi connectivity index (χ0n) is 9.20. The van der Waals surface area contributed by atoms with Crippen molar-refractivity contribution in [1.29, 1.82) is 0 Å². The fourth-order valence-corrected chi connectivity index (χ4v) is 2.84. The summed E-state index contributed by atoms with van der Waals surface area (Å²) in [5.74, 6) is 1.46. The third-order valence-corrected chi connectivity index (χ3v) is 3.82. The van der Waals surface area contributed by atoms with Gasteiger partial charge in [-0.25, -0.2) is 4.39 Å². The number of fused-ring (bicyclic) bond motifs is 1. The van der Waals surface area contributed by atoms with Gasteiger partial charge >= 0.3 is 0 Å². The molecule has 0 saturated heterocycles. The first-order valence-corrected chi connectivity index (χ1v) is 5.97. The molecule has 0 heterocycles. The molecule has 0 amide bonds. The predicted molar refractivity (Wildman–Crippen MR) is 62.4 cm³/mol. The molecule has 2 aliphatic carbocycles. The molecule has 3 rings (SSSR count). The van der Waals surface area contributed by atoms with Crippen molar-refractivity contribution in [2.45, 2.75) is 25.4 Å². The van der Waals surface area contributed by atoms with Crippen LogP contribution in [0.25, 0.3) is 0 Å². The zero-order chi connectivity index (χ0) is 11.0. The van der Waals surface area contributed by atoms with Crippen molar-refractivity contribution in [3.63, 3.8) is 0 Å². The minimum absolute atomic E-state index is 0.147. The third kappa shape index (κ3) is 1.78. The summed E-state index contributed by atoms with van der Waals surface area (Å²) in [6, 6.07) is 7.44. The lowest BCUT2D eigenvalue weighted by Crippen LogP contribution is -2.47. The van der Waals surface area contributed by atoms with Crippen LogP contribution in [-0.4, -0.2) is 6.04 Å². The summed E-state index contributed by atoms with van der Waals surface area (Å²) >= 11 is 0. The Hall–Kier alpha value is -1.15. The molecule has 3 atom stereocenters. The van der Waals surface area contributed by atoms with Crippen molar-refractivity contribution in [1.82, 2.24) is 5.32 Å². The zero-order valence-corrected chi connectivity index (χ0v) is 9.20. The first kappa shape index (κ1) is 10.0. The summed E-state index contributed by atoms with van der Waals surface area (Å²) in [4.78, 5) is 0. The number of nitrogens with one attached hydrogen (secondary N) is 1. The number of hydrogen-bond acceptors (Lipinski definition) is 1. The average molecular weight is 217 g/mol. The van der Waals surface area contributed by atoms with E-state index in [1.165, 1.54) is 18.9 Å². The van der Waals surface area contributed by atoms with Gasteiger partial charge in [0.05, 0.1) is 0 Å². The average Bonchev–Trinajstić information content (AvgIpc) is 2.61. The molecule has 84 valence electrons. The van der Waals surface area contributed by atoms with Gasteiger partial charge in [0.15, 0.2) is 0 Å². The van der Waals surface area contributed by atoms with Gasteiger partial charge in [-0.05, 0) is 42.4 Å². The Labute approximate surface area is 95.4 Å². The van der Waals surface area contributed by atoms with Crippen LogP contribution in [0.3, 0.4) is 0 Å². The molecule has 0 aliphatic heterocycles. The molecule has 1 fully saturated rings. The molecule has 0 aromatic heterocycles. The molecule has 2 aliphatic rings. The summed E-state index contributed by atoms with van der Waals surface area (Å²) < 4.78 is 13.0. The van der Waals surface area contributed by atoms with E-state index < -0.39 is 0 Å². The highest BCUT2D eigenvalue weighted by atomic mass is 19.1. The van der Waals surface area contributed by atoms with Gasteiger partial charge in [-0.15, -0.1) is 0 Å². The van der Waals surface area contributed by atoms with E-state index in [0.717, 1.165) is 23.9 Å². The number of allylic oxidation sites excluding steroid dienone is 1. The number of halogens is 1. The van der Waals surface area contributed by atoms with Gasteiger partial charge in [0.25, 0.3) is 0 Å². The fourth-order valence-electron chi connectivity index (χ4n) is 2.84. The van der Waals surface area contributed by atoms with Gasteiger partial charge in [0.2, 0.25) is 0 Å². The molecule has 0 spiro atoms. The third-order valence-electron chi connectivity index (χ3n) is 3.82. The maximum atomic E-state index is 13.0. The van der Waals surface area contributed by atoms with E-state index in [1.54, 1.807) is 12.1 Å². The Morgan fingerprint density at radius 2 is 2.31 bits per heavy atom. The van der Waals surface area contributed by atoms with Crippen LogP contribution in [0.15, 0.2) is 36.4 Å². The minimum atomic E-state index is -0.147. The Balaban J connectivity index is 1.55. The Kier molecular flexibility index (Phi) is 2.52. The first-order valence-electron chi connectivity index (χ1n) is 5.97. The van der Waals surface area contributed by atoms with E-state index in [0.29, 0.717) is 6.04 Å². The second-order valence-corrected chi connectivity index (χ2v) is 4.85. The van der Waals surface area contributed by atoms with Crippen molar-refractivity contribution in [2.24, 2.45) is 11.8 Å². The molecule has 0 bridgehead atoms. The van der Waals surface area contributed by atoms with E-state index in [4.69, 9.17) is 0 Å². The van der Waals surface area contributed by atoms with Crippen LogP contribution in [0.4, 0.5) is 4.39 Å². The maximum Gasteiger partial charge on any atom is 0.123 e. The van der Waals surface area contributed by atoms with Gasteiger partial charge in [-0.3, -0.25) is 0 Å². The molecule has 1 aromatic rings. The quantitative estimate of drug-likeness (QED) is 0.768. The number of rotatable bonds is 3. The van der Waals surface area contributed by atoms with Crippen molar-refractivity contribution in [2.75, 3.05) is 0 Å². The van der Waals surface area contributed by atoms with Crippen LogP contribution in [0.1, 0.15) is 18.4 Å². The van der Waals surface area contributed by atoms with Gasteiger partial charge in [0, 0.05) is 12.6 Å². The van der Waals surface area contributed by atoms with Crippen LogP contribution < -0.4 is 5.32 Å². The van der Waals surface area contributed by atoms with Crippen LogP contribution in [0, 0.1) is 17.7 Å². The lowest BCUT2D eigenvalue weighted by molar-refractivity contribution is 0.162. The number of hydrogen-bond donors (Lipinski definition) is 1. The smallest absolute Gasteiger partial charge is 0.123 e. The summed E-state index contributed by atoms with van der Waals surface area (Å²) in [5, 5.41) is 3.52. The molecule has 2 heteroatoms. The fraction of sp³-hybridized carbons (Fsp3) is 0.429. The van der Waals surface area contributed by atoms with Crippen LogP contribution >= 0.6 is 0 Å². The molecule has 1 N–H and O–H groups in total. The molecule has 0 radical (unpaired) electrons. The highest BCUT2D eigenvalue weighted by Gasteiger charge is 2.40. The minimum Gasteiger partial charge on any atom is -0.309 e. The Morgan fingerprint density at radius 3 is 3.12 bits per heavy atom. The van der Waals surface area contributed by atoms with E-state index in [2.05, 4.69) is 17.5 Å². The lowest BCUT2D eigenvalue weighted by Gasteiger charge is -2.40. The van der Waals surface area contributed by atoms with Crippen LogP contribution in [0.2, 0.25) is 0 Å². The van der Waals surface area contributed by atoms with E-state index in [1.807, 2.05) is 6.07 Å². The van der Waals surface area contributed by atoms with Crippen molar-refractivity contribution >= 4 is 0 Å². The topological polar surface area (TPSA) is 12.0 Å². The second kappa shape index (κ2) is 4.02. The number of benzene rings is 1. The van der Waals surface area contributed by atoms with Crippen molar-refractivity contribution in [3.8, 4) is 0 Å². The van der Waals surface area contributed by atoms with Crippen molar-refractivity contribution in [3.05, 3.63) is 47.8 Å². The normalized spacial score (nSPS) is 31.2. The van der Waals surface area contributed by atoms with Gasteiger partial charge in [-0.2, -0.15) is 0 Å². The summed E-state index contributed by atoms with van der Waals surface area (Å²) in [6.07, 6.45) is 7.15. The van der Waals surface area contributed by atoms with E-state index in [-0.39, 0.29) is 5.82 Å². The Morgan fingerprint density at radius 1 is 1.38 bits per heavy atom. The summed E-state index contributed by atoms with van der Waals surface area (Å²) in [6.45, 7) is 0.777. The Bertz CT molecular complexity index is 413. The molecule has 1 saturated carbocycles. The van der Waals surface area contributed by atoms with Crippen molar-refractivity contribution < 1.29 is 4.39 Å². The van der Waals surface area contributed by atoms with Crippen LogP contribution in [0.5, 0.6) is 0 Å². The highest BCUT2D eigenvalue weighted by Crippen LogP contribution is 2.42. The van der Waals surface area contributed by atoms with Gasteiger partial charge < -0.3 is 5.32 Å². The van der Waals surface area contributed by atoms with E-state index in [9.17, 15) is 4.39 Å². The van der Waals surface area contributed by atoms with E-state index >= 15 is 0 Å². The second-order valence-electron chi connectivity index (χ2n) is 4.85. The standard InChI is InChI=1S/C14H16FN/c15-12-5-1-3-10(7-12)9-16-14-8-11-4-2-6-13(11)14/h1-3,5-7,11,13-14,16H,4,8-9H2. The van der Waals surface area contributed by atoms with Crippen LogP contribution in [-0.2, 0) is 6.54 Å². The molecular formula is C14H16FN. The molecule has 1 aromatic carbocycles. The molecule has 16 heavy (non-hydrogen) atoms. The monoisotopic (exact) mass is 217 g/mol. The highest BCUT2D eigenvalue weighted by molar-refractivity contribution is 5.17. The maximum absolute atomic E-state index is 13.0. The molecule has 3 unspecified atom stereocenters. The summed E-state index contributed by atoms with van der Waals surface area (Å²) in [5.41, 5.74) is 1.03. The van der Waals surface area contributed by atoms with Gasteiger partial charge in [-0.1, -0.05) is 24.3 Å². The lowest BCUT2D eigenvalue weighted by atomic mass is 9.71. The summed E-state index contributed by atoms with van der Waals surface area (Å²) in [7, 11) is 0. The molecular weight excluding hydrogens is 201 g/mol. The SMILES string of the molecule is Fc1cccc(CNC2CC3CC=CC32)c1. The predicted octanol–water partition coefficient (Wildman–Crippen LogP) is 2.88.